The van der Waals surface area contributed by atoms with Gasteiger partial charge >= 0.3 is 0 Å². The number of carbonyl (C=O) groups is 1. The van der Waals surface area contributed by atoms with Gasteiger partial charge in [0, 0.05) is 33.3 Å². The van der Waals surface area contributed by atoms with Gasteiger partial charge in [0.25, 0.3) is 5.91 Å². The second-order valence-corrected chi connectivity index (χ2v) is 7.21. The molecule has 0 aromatic carbocycles. The maximum atomic E-state index is 12.2. The Morgan fingerprint density at radius 3 is 3.00 bits per heavy atom. The van der Waals surface area contributed by atoms with E-state index < -0.39 is 0 Å². The van der Waals surface area contributed by atoms with Crippen molar-refractivity contribution in [3.8, 4) is 0 Å². The number of aromatic nitrogens is 2. The van der Waals surface area contributed by atoms with Crippen LogP contribution in [0.15, 0.2) is 22.6 Å². The second kappa shape index (κ2) is 8.51. The van der Waals surface area contributed by atoms with Crippen molar-refractivity contribution in [3.05, 3.63) is 41.1 Å². The van der Waals surface area contributed by atoms with Crippen LogP contribution in [0.4, 0.5) is 0 Å². The molecule has 1 aliphatic heterocycles. The van der Waals surface area contributed by atoms with E-state index in [4.69, 9.17) is 9.15 Å². The molecule has 0 fully saturated rings. The van der Waals surface area contributed by atoms with Gasteiger partial charge < -0.3 is 14.5 Å². The minimum atomic E-state index is -0.239. The fraction of sp³-hybridized carbons (Fsp3) is 0.579. The fourth-order valence-electron chi connectivity index (χ4n) is 3.32. The largest absolute Gasteiger partial charge is 0.453 e. The summed E-state index contributed by atoms with van der Waals surface area (Å²) in [5.41, 5.74) is 2.09. The smallest absolute Gasteiger partial charge is 0.287 e. The van der Waals surface area contributed by atoms with E-state index in [1.54, 1.807) is 19.2 Å². The molecule has 0 aliphatic carbocycles. The van der Waals surface area contributed by atoms with E-state index in [0.29, 0.717) is 30.6 Å². The summed E-state index contributed by atoms with van der Waals surface area (Å²) >= 11 is 0. The van der Waals surface area contributed by atoms with E-state index in [2.05, 4.69) is 39.9 Å². The molecule has 0 saturated heterocycles. The Hall–Kier alpha value is -2.12. The van der Waals surface area contributed by atoms with Crippen LogP contribution in [0.1, 0.15) is 48.0 Å². The van der Waals surface area contributed by atoms with E-state index in [-0.39, 0.29) is 5.91 Å². The zero-order chi connectivity index (χ0) is 18.5. The summed E-state index contributed by atoms with van der Waals surface area (Å²) in [7, 11) is 1.59. The van der Waals surface area contributed by atoms with E-state index in [1.807, 2.05) is 0 Å². The number of nitrogens with zero attached hydrogens (tertiary/aromatic N) is 3. The SMILES string of the molecule is COCc1ccc(C(=O)NCc2cc3n(n2)CCCN(CC(C)C)C3)o1. The predicted octanol–water partition coefficient (Wildman–Crippen LogP) is 2.41. The van der Waals surface area contributed by atoms with Crippen molar-refractivity contribution in [3.63, 3.8) is 0 Å². The average molecular weight is 360 g/mol. The third kappa shape index (κ3) is 4.74. The standard InChI is InChI=1S/C19H28N4O3/c1-14(2)11-22-7-4-8-23-16(12-22)9-15(21-23)10-20-19(24)18-6-5-17(26-18)13-25-3/h5-6,9,14H,4,7-8,10-13H2,1-3H3,(H,20,24). The van der Waals surface area contributed by atoms with Crippen LogP contribution >= 0.6 is 0 Å². The molecular formula is C19H28N4O3. The number of hydrogen-bond acceptors (Lipinski definition) is 5. The fourth-order valence-corrected chi connectivity index (χ4v) is 3.32. The monoisotopic (exact) mass is 360 g/mol. The highest BCUT2D eigenvalue weighted by Gasteiger charge is 2.18. The van der Waals surface area contributed by atoms with Crippen LogP contribution in [0.2, 0.25) is 0 Å². The highest BCUT2D eigenvalue weighted by Crippen LogP contribution is 2.15. The topological polar surface area (TPSA) is 72.5 Å². The molecule has 0 radical (unpaired) electrons. The summed E-state index contributed by atoms with van der Waals surface area (Å²) in [5, 5.41) is 7.53. The maximum absolute atomic E-state index is 12.2. The average Bonchev–Trinajstić information content (AvgIpc) is 3.16. The first kappa shape index (κ1) is 18.7. The van der Waals surface area contributed by atoms with Gasteiger partial charge in [-0.1, -0.05) is 13.8 Å². The van der Waals surface area contributed by atoms with Crippen molar-refractivity contribution < 1.29 is 13.9 Å². The lowest BCUT2D eigenvalue weighted by molar-refractivity contribution is 0.0914. The van der Waals surface area contributed by atoms with Gasteiger partial charge in [-0.2, -0.15) is 5.10 Å². The van der Waals surface area contributed by atoms with Gasteiger partial charge in [0.05, 0.1) is 17.9 Å². The predicted molar refractivity (Wildman–Crippen MR) is 97.6 cm³/mol. The number of fused-ring (bicyclic) bond motifs is 1. The van der Waals surface area contributed by atoms with Crippen molar-refractivity contribution in [2.75, 3.05) is 20.2 Å². The molecule has 0 unspecified atom stereocenters. The first-order valence-corrected chi connectivity index (χ1v) is 9.19. The number of hydrogen-bond donors (Lipinski definition) is 1. The molecule has 3 heterocycles. The Labute approximate surface area is 154 Å². The Morgan fingerprint density at radius 2 is 2.23 bits per heavy atom. The van der Waals surface area contributed by atoms with Crippen LogP contribution in [0.3, 0.4) is 0 Å². The third-order valence-corrected chi connectivity index (χ3v) is 4.37. The zero-order valence-corrected chi connectivity index (χ0v) is 15.8. The molecule has 1 aliphatic rings. The number of nitrogens with one attached hydrogen (secondary N) is 1. The van der Waals surface area contributed by atoms with Crippen LogP contribution < -0.4 is 5.32 Å². The summed E-state index contributed by atoms with van der Waals surface area (Å²) in [6.07, 6.45) is 1.10. The Balaban J connectivity index is 1.58. The van der Waals surface area contributed by atoms with Gasteiger partial charge in [0.15, 0.2) is 5.76 Å². The number of furan rings is 1. The highest BCUT2D eigenvalue weighted by atomic mass is 16.5. The first-order chi connectivity index (χ1) is 12.5. The normalized spacial score (nSPS) is 15.1. The van der Waals surface area contributed by atoms with Crippen LogP contribution in [-0.2, 0) is 31.0 Å². The molecule has 7 nitrogen and oxygen atoms in total. The number of carbonyl (C=O) groups excluding carboxylic acids is 1. The molecule has 3 rings (SSSR count). The Morgan fingerprint density at radius 1 is 1.38 bits per heavy atom. The van der Waals surface area contributed by atoms with E-state index in [1.165, 1.54) is 5.69 Å². The maximum Gasteiger partial charge on any atom is 0.287 e. The molecule has 7 heteroatoms. The molecular weight excluding hydrogens is 332 g/mol. The minimum Gasteiger partial charge on any atom is -0.453 e. The second-order valence-electron chi connectivity index (χ2n) is 7.21. The summed E-state index contributed by atoms with van der Waals surface area (Å²) in [6, 6.07) is 5.51. The Kier molecular flexibility index (Phi) is 6.11. The van der Waals surface area contributed by atoms with Crippen LogP contribution in [0, 0.1) is 5.92 Å². The van der Waals surface area contributed by atoms with Crippen molar-refractivity contribution in [1.82, 2.24) is 20.0 Å². The van der Waals surface area contributed by atoms with Crippen LogP contribution in [0.5, 0.6) is 0 Å². The lowest BCUT2D eigenvalue weighted by Gasteiger charge is -2.21. The molecule has 2 aromatic rings. The molecule has 1 amide bonds. The van der Waals surface area contributed by atoms with Gasteiger partial charge in [0.2, 0.25) is 0 Å². The number of amides is 1. The third-order valence-electron chi connectivity index (χ3n) is 4.37. The van der Waals surface area contributed by atoms with Gasteiger partial charge in [-0.25, -0.2) is 0 Å². The van der Waals surface area contributed by atoms with Crippen LogP contribution in [-0.4, -0.2) is 40.8 Å². The van der Waals surface area contributed by atoms with Crippen molar-refractivity contribution in [2.45, 2.75) is 46.5 Å². The number of rotatable bonds is 7. The first-order valence-electron chi connectivity index (χ1n) is 9.19. The quantitative estimate of drug-likeness (QED) is 0.821. The van der Waals surface area contributed by atoms with E-state index >= 15 is 0 Å². The van der Waals surface area contributed by atoms with Crippen molar-refractivity contribution >= 4 is 5.91 Å². The summed E-state index contributed by atoms with van der Waals surface area (Å²) in [5.74, 6) is 1.34. The van der Waals surface area contributed by atoms with Gasteiger partial charge in [-0.05, 0) is 30.5 Å². The van der Waals surface area contributed by atoms with Crippen molar-refractivity contribution in [2.24, 2.45) is 5.92 Å². The number of ether oxygens (including phenoxy) is 1. The van der Waals surface area contributed by atoms with Gasteiger partial charge in [-0.15, -0.1) is 0 Å². The van der Waals surface area contributed by atoms with Crippen molar-refractivity contribution in [1.29, 1.82) is 0 Å². The summed E-state index contributed by atoms with van der Waals surface area (Å²) in [6.45, 7) is 9.28. The molecule has 0 spiro atoms. The lowest BCUT2D eigenvalue weighted by Crippen LogP contribution is -2.27. The molecule has 1 N–H and O–H groups in total. The lowest BCUT2D eigenvalue weighted by atomic mass is 10.2. The molecule has 0 atom stereocenters. The van der Waals surface area contributed by atoms with Gasteiger partial charge in [0.1, 0.15) is 12.4 Å². The molecule has 0 bridgehead atoms. The number of methoxy groups -OCH3 is 1. The highest BCUT2D eigenvalue weighted by molar-refractivity contribution is 5.91. The molecule has 2 aromatic heterocycles. The molecule has 142 valence electrons. The van der Waals surface area contributed by atoms with E-state index in [9.17, 15) is 4.79 Å². The summed E-state index contributed by atoms with van der Waals surface area (Å²) in [4.78, 5) is 14.7. The Bertz CT molecular complexity index is 735. The van der Waals surface area contributed by atoms with E-state index in [0.717, 1.165) is 38.3 Å². The zero-order valence-electron chi connectivity index (χ0n) is 15.8. The summed E-state index contributed by atoms with van der Waals surface area (Å²) < 4.78 is 12.5. The minimum absolute atomic E-state index is 0.239. The molecule has 26 heavy (non-hydrogen) atoms. The number of aryl methyl sites for hydroxylation is 1. The van der Waals surface area contributed by atoms with Gasteiger partial charge in [-0.3, -0.25) is 14.4 Å². The molecule has 0 saturated carbocycles. The van der Waals surface area contributed by atoms with Crippen LogP contribution in [0.25, 0.3) is 0 Å².